The zero-order chi connectivity index (χ0) is 14.5. The van der Waals surface area contributed by atoms with Crippen molar-refractivity contribution >= 4 is 5.71 Å². The maximum atomic E-state index is 5.25. The molecule has 1 heteroatoms. The molecule has 0 aliphatic rings. The normalized spacial score (nSPS) is 15.0. The van der Waals surface area contributed by atoms with E-state index in [9.17, 15) is 0 Å². The third kappa shape index (κ3) is 10.8. The summed E-state index contributed by atoms with van der Waals surface area (Å²) in [5.41, 5.74) is 1.41. The summed E-state index contributed by atoms with van der Waals surface area (Å²) < 4.78 is 0. The first kappa shape index (κ1) is 18.2. The molecule has 0 aromatic heterocycles. The molecule has 19 heavy (non-hydrogen) atoms. The summed E-state index contributed by atoms with van der Waals surface area (Å²) in [6.45, 7) is 6.95. The first-order valence-electron chi connectivity index (χ1n) is 8.01. The third-order valence-corrected chi connectivity index (χ3v) is 4.04. The largest absolute Gasteiger partial charge is 0.297 e. The maximum Gasteiger partial charge on any atom is 0.0276 e. The molecule has 0 N–H and O–H groups in total. The monoisotopic (exact) mass is 263 g/mol. The van der Waals surface area contributed by atoms with Gasteiger partial charge < -0.3 is 0 Å². The number of unbranched alkanes of at least 4 members (excludes halogenated alkanes) is 3. The Balaban J connectivity index is 3.70. The summed E-state index contributed by atoms with van der Waals surface area (Å²) in [5, 5.41) is 0. The number of terminal acetylenes is 1. The highest BCUT2D eigenvalue weighted by Gasteiger charge is 2.08. The second-order valence-corrected chi connectivity index (χ2v) is 5.95. The molecule has 0 aromatic carbocycles. The molecule has 0 bridgehead atoms. The molecular formula is C18H33N. The van der Waals surface area contributed by atoms with Crippen LogP contribution in [0.4, 0.5) is 0 Å². The third-order valence-electron chi connectivity index (χ3n) is 4.04. The highest BCUT2D eigenvalue weighted by atomic mass is 14.7. The van der Waals surface area contributed by atoms with Gasteiger partial charge in [-0.15, -0.1) is 12.3 Å². The number of rotatable bonds is 11. The Labute approximate surface area is 121 Å². The summed E-state index contributed by atoms with van der Waals surface area (Å²) in [6.07, 6.45) is 16.3. The average molecular weight is 263 g/mol. The van der Waals surface area contributed by atoms with E-state index in [1.807, 2.05) is 7.05 Å². The van der Waals surface area contributed by atoms with Crippen LogP contribution in [0.1, 0.15) is 78.6 Å². The van der Waals surface area contributed by atoms with Gasteiger partial charge in [0.15, 0.2) is 0 Å². The SMILES string of the molecule is C#CCCCCCC(C)CCC(CC(C)CC)=NC. The highest BCUT2D eigenvalue weighted by Crippen LogP contribution is 2.18. The van der Waals surface area contributed by atoms with Gasteiger partial charge in [-0.3, -0.25) is 4.99 Å². The van der Waals surface area contributed by atoms with E-state index in [0.717, 1.165) is 18.3 Å². The molecule has 0 saturated heterocycles. The molecular weight excluding hydrogens is 230 g/mol. The Hall–Kier alpha value is -0.770. The van der Waals surface area contributed by atoms with Crippen LogP contribution in [0.25, 0.3) is 0 Å². The van der Waals surface area contributed by atoms with E-state index in [2.05, 4.69) is 31.7 Å². The van der Waals surface area contributed by atoms with Gasteiger partial charge in [0.1, 0.15) is 0 Å². The molecule has 0 radical (unpaired) electrons. The lowest BCUT2D eigenvalue weighted by atomic mass is 9.93. The fraction of sp³-hybridized carbons (Fsp3) is 0.833. The summed E-state index contributed by atoms with van der Waals surface area (Å²) in [6, 6.07) is 0. The van der Waals surface area contributed by atoms with Crippen molar-refractivity contribution in [3.63, 3.8) is 0 Å². The lowest BCUT2D eigenvalue weighted by Gasteiger charge is -2.14. The molecule has 0 aliphatic heterocycles. The molecule has 0 saturated carbocycles. The van der Waals surface area contributed by atoms with Crippen LogP contribution < -0.4 is 0 Å². The Kier molecular flexibility index (Phi) is 11.8. The number of hydrogen-bond donors (Lipinski definition) is 0. The molecule has 110 valence electrons. The maximum absolute atomic E-state index is 5.25. The molecule has 1 nitrogen and oxygen atoms in total. The van der Waals surface area contributed by atoms with Crippen molar-refractivity contribution in [1.29, 1.82) is 0 Å². The van der Waals surface area contributed by atoms with E-state index < -0.39 is 0 Å². The van der Waals surface area contributed by atoms with Crippen LogP contribution >= 0.6 is 0 Å². The summed E-state index contributed by atoms with van der Waals surface area (Å²) >= 11 is 0. The van der Waals surface area contributed by atoms with Crippen LogP contribution in [0.15, 0.2) is 4.99 Å². The molecule has 2 atom stereocenters. The van der Waals surface area contributed by atoms with Crippen LogP contribution in [0.2, 0.25) is 0 Å². The minimum absolute atomic E-state index is 0.776. The Morgan fingerprint density at radius 1 is 1.11 bits per heavy atom. The predicted molar refractivity (Wildman–Crippen MR) is 87.7 cm³/mol. The van der Waals surface area contributed by atoms with Crippen molar-refractivity contribution in [3.8, 4) is 12.3 Å². The van der Waals surface area contributed by atoms with E-state index >= 15 is 0 Å². The second-order valence-electron chi connectivity index (χ2n) is 5.95. The van der Waals surface area contributed by atoms with Gasteiger partial charge >= 0.3 is 0 Å². The average Bonchev–Trinajstić information content (AvgIpc) is 2.42. The summed E-state index contributed by atoms with van der Waals surface area (Å²) in [7, 11) is 1.95. The minimum Gasteiger partial charge on any atom is -0.297 e. The van der Waals surface area contributed by atoms with Gasteiger partial charge in [0.25, 0.3) is 0 Å². The lowest BCUT2D eigenvalue weighted by Crippen LogP contribution is -2.07. The topological polar surface area (TPSA) is 12.4 Å². The van der Waals surface area contributed by atoms with Crippen molar-refractivity contribution in [2.75, 3.05) is 7.05 Å². The lowest BCUT2D eigenvalue weighted by molar-refractivity contribution is 0.466. The van der Waals surface area contributed by atoms with Gasteiger partial charge in [0.05, 0.1) is 0 Å². The molecule has 0 fully saturated rings. The van der Waals surface area contributed by atoms with Crippen LogP contribution in [-0.4, -0.2) is 12.8 Å². The van der Waals surface area contributed by atoms with E-state index in [1.54, 1.807) is 0 Å². The van der Waals surface area contributed by atoms with Crippen LogP contribution in [0.5, 0.6) is 0 Å². The van der Waals surface area contributed by atoms with Gasteiger partial charge in [0.2, 0.25) is 0 Å². The van der Waals surface area contributed by atoms with Gasteiger partial charge in [-0.1, -0.05) is 46.5 Å². The van der Waals surface area contributed by atoms with Crippen molar-refractivity contribution in [2.45, 2.75) is 78.6 Å². The zero-order valence-electron chi connectivity index (χ0n) is 13.5. The zero-order valence-corrected chi connectivity index (χ0v) is 13.5. The Morgan fingerprint density at radius 2 is 1.84 bits per heavy atom. The molecule has 0 heterocycles. The van der Waals surface area contributed by atoms with Crippen molar-refractivity contribution in [2.24, 2.45) is 16.8 Å². The van der Waals surface area contributed by atoms with Crippen LogP contribution in [-0.2, 0) is 0 Å². The van der Waals surface area contributed by atoms with Crippen LogP contribution in [0, 0.1) is 24.2 Å². The van der Waals surface area contributed by atoms with Crippen LogP contribution in [0.3, 0.4) is 0 Å². The summed E-state index contributed by atoms with van der Waals surface area (Å²) in [4.78, 5) is 4.46. The van der Waals surface area contributed by atoms with Gasteiger partial charge in [-0.05, 0) is 37.5 Å². The molecule has 0 amide bonds. The van der Waals surface area contributed by atoms with Crippen molar-refractivity contribution in [3.05, 3.63) is 0 Å². The molecule has 0 aliphatic carbocycles. The first-order chi connectivity index (χ1) is 9.13. The molecule has 2 unspecified atom stereocenters. The minimum atomic E-state index is 0.776. The molecule has 0 rings (SSSR count). The highest BCUT2D eigenvalue weighted by molar-refractivity contribution is 5.84. The van der Waals surface area contributed by atoms with E-state index in [1.165, 1.54) is 57.1 Å². The number of aliphatic imine (C=N–C) groups is 1. The number of hydrogen-bond acceptors (Lipinski definition) is 1. The van der Waals surface area contributed by atoms with E-state index in [0.29, 0.717) is 0 Å². The van der Waals surface area contributed by atoms with E-state index in [4.69, 9.17) is 6.42 Å². The van der Waals surface area contributed by atoms with Crippen molar-refractivity contribution in [1.82, 2.24) is 0 Å². The quantitative estimate of drug-likeness (QED) is 0.265. The predicted octanol–water partition coefficient (Wildman–Crippen LogP) is 5.49. The molecule has 0 aromatic rings. The Bertz CT molecular complexity index is 272. The summed E-state index contributed by atoms with van der Waals surface area (Å²) in [5.74, 6) is 4.31. The number of nitrogens with zero attached hydrogens (tertiary/aromatic N) is 1. The Morgan fingerprint density at radius 3 is 2.42 bits per heavy atom. The fourth-order valence-electron chi connectivity index (χ4n) is 2.31. The fourth-order valence-corrected chi connectivity index (χ4v) is 2.31. The standard InChI is InChI=1S/C18H33N/c1-6-8-9-10-11-12-17(4)13-14-18(19-5)15-16(3)7-2/h1,16-17H,7-15H2,2-5H3. The molecule has 0 spiro atoms. The van der Waals surface area contributed by atoms with Gasteiger partial charge in [-0.2, -0.15) is 0 Å². The van der Waals surface area contributed by atoms with E-state index in [-0.39, 0.29) is 0 Å². The van der Waals surface area contributed by atoms with Gasteiger partial charge in [0, 0.05) is 19.2 Å². The smallest absolute Gasteiger partial charge is 0.0276 e. The van der Waals surface area contributed by atoms with Crippen molar-refractivity contribution < 1.29 is 0 Å². The second kappa shape index (κ2) is 12.3. The first-order valence-corrected chi connectivity index (χ1v) is 8.01. The van der Waals surface area contributed by atoms with Gasteiger partial charge in [-0.25, -0.2) is 0 Å².